The lowest BCUT2D eigenvalue weighted by Crippen LogP contribution is -2.33. The lowest BCUT2D eigenvalue weighted by atomic mass is 10.2. The fraction of sp³-hybridized carbons (Fsp3) is 0.500. The highest BCUT2D eigenvalue weighted by Crippen LogP contribution is 2.32. The number of sulfonamides is 1. The van der Waals surface area contributed by atoms with Crippen LogP contribution in [0.25, 0.3) is 0 Å². The number of aliphatic hydroxyl groups excluding tert-OH is 1. The first-order valence-electron chi connectivity index (χ1n) is 6.21. The van der Waals surface area contributed by atoms with Gasteiger partial charge in [0.25, 0.3) is 0 Å². The fourth-order valence-corrected chi connectivity index (χ4v) is 2.80. The van der Waals surface area contributed by atoms with Gasteiger partial charge in [-0.15, -0.1) is 13.2 Å². The van der Waals surface area contributed by atoms with E-state index in [2.05, 4.69) is 9.46 Å². The first kappa shape index (κ1) is 16.1. The van der Waals surface area contributed by atoms with Gasteiger partial charge in [-0.3, -0.25) is 0 Å². The maximum absolute atomic E-state index is 12.0. The molecular formula is C12H14F3NO4S. The Morgan fingerprint density at radius 2 is 1.86 bits per heavy atom. The Morgan fingerprint density at radius 3 is 2.33 bits per heavy atom. The average Bonchev–Trinajstić information content (AvgIpc) is 3.19. The first-order chi connectivity index (χ1) is 9.67. The summed E-state index contributed by atoms with van der Waals surface area (Å²) in [5, 5.41) is 9.60. The second-order valence-electron chi connectivity index (χ2n) is 4.78. The first-order valence-corrected chi connectivity index (χ1v) is 7.69. The number of nitrogens with one attached hydrogen (secondary N) is 1. The van der Waals surface area contributed by atoms with Gasteiger partial charge in [0, 0.05) is 6.54 Å². The van der Waals surface area contributed by atoms with Crippen molar-refractivity contribution in [2.45, 2.75) is 30.2 Å². The van der Waals surface area contributed by atoms with Crippen molar-refractivity contribution in [3.05, 3.63) is 24.3 Å². The topological polar surface area (TPSA) is 75.6 Å². The van der Waals surface area contributed by atoms with Crippen molar-refractivity contribution in [3.63, 3.8) is 0 Å². The van der Waals surface area contributed by atoms with Gasteiger partial charge in [0.15, 0.2) is 0 Å². The Kier molecular flexibility index (Phi) is 4.45. The maximum atomic E-state index is 12.0. The van der Waals surface area contributed by atoms with Gasteiger partial charge >= 0.3 is 6.36 Å². The molecule has 0 radical (unpaired) electrons. The van der Waals surface area contributed by atoms with Crippen LogP contribution in [0.3, 0.4) is 0 Å². The van der Waals surface area contributed by atoms with E-state index in [1.54, 1.807) is 0 Å². The summed E-state index contributed by atoms with van der Waals surface area (Å²) in [5.74, 6) is -0.380. The van der Waals surface area contributed by atoms with Crippen molar-refractivity contribution in [2.24, 2.45) is 5.92 Å². The van der Waals surface area contributed by atoms with E-state index in [-0.39, 0.29) is 17.4 Å². The van der Waals surface area contributed by atoms with Crippen molar-refractivity contribution < 1.29 is 31.4 Å². The third kappa shape index (κ3) is 4.87. The van der Waals surface area contributed by atoms with Crippen LogP contribution < -0.4 is 9.46 Å². The summed E-state index contributed by atoms with van der Waals surface area (Å²) in [6.45, 7) is -0.117. The standard InChI is InChI=1S/C12H14F3NO4S/c13-12(14,15)20-9-3-5-10(6-4-9)21(18,19)16-7-11(17)8-1-2-8/h3-6,8,11,16-17H,1-2,7H2. The van der Waals surface area contributed by atoms with Crippen LogP contribution in [0.4, 0.5) is 13.2 Å². The monoisotopic (exact) mass is 325 g/mol. The Bertz CT molecular complexity index is 582. The van der Waals surface area contributed by atoms with Gasteiger partial charge in [0.2, 0.25) is 10.0 Å². The highest BCUT2D eigenvalue weighted by molar-refractivity contribution is 7.89. The Balaban J connectivity index is 1.99. The van der Waals surface area contributed by atoms with Crippen LogP contribution in [0.1, 0.15) is 12.8 Å². The molecule has 1 unspecified atom stereocenters. The summed E-state index contributed by atoms with van der Waals surface area (Å²) in [6, 6.07) is 3.85. The smallest absolute Gasteiger partial charge is 0.406 e. The van der Waals surface area contributed by atoms with Crippen molar-refractivity contribution in [1.29, 1.82) is 0 Å². The zero-order valence-electron chi connectivity index (χ0n) is 10.8. The van der Waals surface area contributed by atoms with Gasteiger partial charge in [-0.1, -0.05) is 0 Å². The minimum absolute atomic E-state index is 0.117. The molecule has 1 aliphatic rings. The normalized spacial score (nSPS) is 17.5. The summed E-state index contributed by atoms with van der Waals surface area (Å²) in [6.07, 6.45) is -3.83. The van der Waals surface area contributed by atoms with Crippen LogP contribution in [0, 0.1) is 5.92 Å². The van der Waals surface area contributed by atoms with Crippen LogP contribution in [0.15, 0.2) is 29.2 Å². The molecule has 118 valence electrons. The summed E-state index contributed by atoms with van der Waals surface area (Å²) < 4.78 is 65.6. The van der Waals surface area contributed by atoms with Crippen molar-refractivity contribution in [2.75, 3.05) is 6.54 Å². The van der Waals surface area contributed by atoms with E-state index in [0.29, 0.717) is 0 Å². The number of aliphatic hydroxyl groups is 1. The predicted octanol–water partition coefficient (Wildman–Crippen LogP) is 1.63. The van der Waals surface area contributed by atoms with E-state index in [1.165, 1.54) is 0 Å². The van der Waals surface area contributed by atoms with Crippen LogP contribution in [-0.2, 0) is 10.0 Å². The lowest BCUT2D eigenvalue weighted by Gasteiger charge is -2.12. The second kappa shape index (κ2) is 5.82. The molecular weight excluding hydrogens is 311 g/mol. The highest BCUT2D eigenvalue weighted by atomic mass is 32.2. The molecule has 9 heteroatoms. The molecule has 5 nitrogen and oxygen atoms in total. The quantitative estimate of drug-likeness (QED) is 0.834. The molecule has 1 aromatic rings. The molecule has 0 aliphatic heterocycles. The van der Waals surface area contributed by atoms with E-state index in [0.717, 1.165) is 37.1 Å². The highest BCUT2D eigenvalue weighted by Gasteiger charge is 2.32. The number of rotatable bonds is 6. The minimum Gasteiger partial charge on any atom is -0.406 e. The number of benzene rings is 1. The van der Waals surface area contributed by atoms with Crippen LogP contribution in [0.5, 0.6) is 5.75 Å². The molecule has 1 fully saturated rings. The molecule has 0 saturated heterocycles. The lowest BCUT2D eigenvalue weighted by molar-refractivity contribution is -0.274. The number of hydrogen-bond donors (Lipinski definition) is 2. The van der Waals surface area contributed by atoms with Crippen molar-refractivity contribution in [1.82, 2.24) is 4.72 Å². The largest absolute Gasteiger partial charge is 0.573 e. The molecule has 1 atom stereocenters. The number of alkyl halides is 3. The van der Waals surface area contributed by atoms with E-state index >= 15 is 0 Å². The van der Waals surface area contributed by atoms with Gasteiger partial charge in [-0.2, -0.15) is 0 Å². The maximum Gasteiger partial charge on any atom is 0.573 e. The van der Waals surface area contributed by atoms with Gasteiger partial charge in [-0.25, -0.2) is 13.1 Å². The van der Waals surface area contributed by atoms with Crippen LogP contribution >= 0.6 is 0 Å². The average molecular weight is 325 g/mol. The summed E-state index contributed by atoms with van der Waals surface area (Å²) in [5.41, 5.74) is 0. The Labute approximate surface area is 119 Å². The van der Waals surface area contributed by atoms with Crippen molar-refractivity contribution in [3.8, 4) is 5.75 Å². The molecule has 1 aromatic carbocycles. The molecule has 2 rings (SSSR count). The van der Waals surface area contributed by atoms with Gasteiger partial charge in [0.05, 0.1) is 11.0 Å². The molecule has 21 heavy (non-hydrogen) atoms. The molecule has 1 saturated carbocycles. The zero-order valence-corrected chi connectivity index (χ0v) is 11.6. The number of halogens is 3. The summed E-state index contributed by atoms with van der Waals surface area (Å²) >= 11 is 0. The SMILES string of the molecule is O=S(=O)(NCC(O)C1CC1)c1ccc(OC(F)(F)F)cc1. The molecule has 0 amide bonds. The van der Waals surface area contributed by atoms with Crippen molar-refractivity contribution >= 4 is 10.0 Å². The van der Waals surface area contributed by atoms with E-state index in [4.69, 9.17) is 0 Å². The predicted molar refractivity (Wildman–Crippen MR) is 67.0 cm³/mol. The molecule has 0 heterocycles. The van der Waals surface area contributed by atoms with Gasteiger partial charge in [-0.05, 0) is 43.0 Å². The van der Waals surface area contributed by atoms with E-state index in [9.17, 15) is 26.7 Å². The summed E-state index contributed by atoms with van der Waals surface area (Å²) in [7, 11) is -3.87. The van der Waals surface area contributed by atoms with Gasteiger partial charge in [0.1, 0.15) is 5.75 Å². The van der Waals surface area contributed by atoms with Crippen LogP contribution in [-0.4, -0.2) is 32.5 Å². The number of ether oxygens (including phenoxy) is 1. The number of hydrogen-bond acceptors (Lipinski definition) is 4. The third-order valence-corrected chi connectivity index (χ3v) is 4.46. The Hall–Kier alpha value is -1.32. The van der Waals surface area contributed by atoms with E-state index in [1.807, 2.05) is 0 Å². The minimum atomic E-state index is -4.83. The molecule has 0 aromatic heterocycles. The second-order valence-corrected chi connectivity index (χ2v) is 6.54. The van der Waals surface area contributed by atoms with Crippen LogP contribution in [0.2, 0.25) is 0 Å². The molecule has 1 aliphatic carbocycles. The van der Waals surface area contributed by atoms with E-state index < -0.39 is 28.2 Å². The zero-order chi connectivity index (χ0) is 15.7. The third-order valence-electron chi connectivity index (χ3n) is 3.02. The molecule has 2 N–H and O–H groups in total. The summed E-state index contributed by atoms with van der Waals surface area (Å²) in [4.78, 5) is -0.194. The fourth-order valence-electron chi connectivity index (χ4n) is 1.75. The van der Waals surface area contributed by atoms with Gasteiger partial charge < -0.3 is 9.84 Å². The Morgan fingerprint density at radius 1 is 1.29 bits per heavy atom. The molecule has 0 spiro atoms. The molecule has 0 bridgehead atoms.